The number of hydrogen-bond acceptors (Lipinski definition) is 3. The minimum absolute atomic E-state index is 0.0225. The zero-order valence-corrected chi connectivity index (χ0v) is 8.10. The molecule has 1 saturated heterocycles. The summed E-state index contributed by atoms with van der Waals surface area (Å²) in [5.41, 5.74) is 0. The van der Waals surface area contributed by atoms with Crippen molar-refractivity contribution in [3.8, 4) is 12.3 Å². The first-order valence-electron chi connectivity index (χ1n) is 4.12. The molecule has 2 rings (SSSR count). The van der Waals surface area contributed by atoms with Crippen molar-refractivity contribution in [3.05, 3.63) is 4.77 Å². The predicted octanol–water partition coefficient (Wildman–Crippen LogP) is 0.453. The standard InChI is InChI=1S/C8H8N4OS/c1-2-5-3-6(13)12(4-5)7-9-8(14)11-10-7/h1,5H,3-4H2,(H2,9,10,11,14). The van der Waals surface area contributed by atoms with E-state index in [-0.39, 0.29) is 11.8 Å². The van der Waals surface area contributed by atoms with Crippen LogP contribution >= 0.6 is 12.2 Å². The molecular formula is C8H8N4OS. The smallest absolute Gasteiger partial charge is 0.230 e. The van der Waals surface area contributed by atoms with Crippen LogP contribution in [0.15, 0.2) is 0 Å². The zero-order chi connectivity index (χ0) is 10.1. The summed E-state index contributed by atoms with van der Waals surface area (Å²) in [6.07, 6.45) is 5.63. The molecule has 1 amide bonds. The first-order valence-corrected chi connectivity index (χ1v) is 4.52. The molecule has 0 saturated carbocycles. The summed E-state index contributed by atoms with van der Waals surface area (Å²) >= 11 is 4.79. The Balaban J connectivity index is 2.25. The number of aromatic nitrogens is 3. The van der Waals surface area contributed by atoms with Crippen molar-refractivity contribution in [2.24, 2.45) is 5.92 Å². The van der Waals surface area contributed by atoms with E-state index in [0.29, 0.717) is 23.7 Å². The number of H-pyrrole nitrogens is 2. The van der Waals surface area contributed by atoms with E-state index in [1.165, 1.54) is 4.90 Å². The first-order chi connectivity index (χ1) is 6.70. The molecule has 0 bridgehead atoms. The molecule has 0 spiro atoms. The van der Waals surface area contributed by atoms with Crippen molar-refractivity contribution in [1.82, 2.24) is 15.2 Å². The maximum Gasteiger partial charge on any atom is 0.230 e. The summed E-state index contributed by atoms with van der Waals surface area (Å²) in [7, 11) is 0. The third kappa shape index (κ3) is 1.42. The van der Waals surface area contributed by atoms with Crippen LogP contribution in [0.2, 0.25) is 0 Å². The molecule has 72 valence electrons. The number of aromatic amines is 2. The molecule has 1 aromatic rings. The fourth-order valence-electron chi connectivity index (χ4n) is 1.41. The van der Waals surface area contributed by atoms with Crippen LogP contribution in [0.1, 0.15) is 6.42 Å². The highest BCUT2D eigenvalue weighted by atomic mass is 32.1. The molecule has 1 fully saturated rings. The first kappa shape index (κ1) is 8.97. The molecule has 0 radical (unpaired) electrons. The van der Waals surface area contributed by atoms with Crippen LogP contribution < -0.4 is 4.90 Å². The number of amides is 1. The summed E-state index contributed by atoms with van der Waals surface area (Å²) in [6.45, 7) is 0.505. The number of nitrogens with zero attached hydrogens (tertiary/aromatic N) is 2. The number of nitrogens with one attached hydrogen (secondary N) is 2. The quantitative estimate of drug-likeness (QED) is 0.520. The Morgan fingerprint density at radius 3 is 2.93 bits per heavy atom. The zero-order valence-electron chi connectivity index (χ0n) is 7.28. The number of rotatable bonds is 1. The van der Waals surface area contributed by atoms with Crippen molar-refractivity contribution in [1.29, 1.82) is 0 Å². The molecule has 1 unspecified atom stereocenters. The molecule has 0 aliphatic carbocycles. The van der Waals surface area contributed by atoms with E-state index in [1.54, 1.807) is 0 Å². The van der Waals surface area contributed by atoms with Gasteiger partial charge in [0.05, 0.1) is 0 Å². The highest BCUT2D eigenvalue weighted by Gasteiger charge is 2.30. The highest BCUT2D eigenvalue weighted by molar-refractivity contribution is 7.71. The maximum absolute atomic E-state index is 11.5. The molecular weight excluding hydrogens is 200 g/mol. The molecule has 1 aromatic heterocycles. The van der Waals surface area contributed by atoms with Gasteiger partial charge in [-0.3, -0.25) is 19.9 Å². The second-order valence-electron chi connectivity index (χ2n) is 3.06. The van der Waals surface area contributed by atoms with Crippen LogP contribution in [0.25, 0.3) is 0 Å². The Labute approximate surface area is 85.5 Å². The highest BCUT2D eigenvalue weighted by Crippen LogP contribution is 2.20. The second kappa shape index (κ2) is 3.27. The molecule has 1 atom stereocenters. The van der Waals surface area contributed by atoms with Crippen molar-refractivity contribution in [2.45, 2.75) is 6.42 Å². The monoisotopic (exact) mass is 208 g/mol. The van der Waals surface area contributed by atoms with E-state index in [0.717, 1.165) is 0 Å². The average Bonchev–Trinajstić information content (AvgIpc) is 2.71. The normalized spacial score (nSPS) is 21.2. The van der Waals surface area contributed by atoms with Gasteiger partial charge in [0.2, 0.25) is 16.6 Å². The van der Waals surface area contributed by atoms with Crippen molar-refractivity contribution >= 4 is 24.1 Å². The van der Waals surface area contributed by atoms with Crippen molar-refractivity contribution in [3.63, 3.8) is 0 Å². The molecule has 0 aromatic carbocycles. The van der Waals surface area contributed by atoms with Crippen LogP contribution in [0.5, 0.6) is 0 Å². The van der Waals surface area contributed by atoms with E-state index >= 15 is 0 Å². The van der Waals surface area contributed by atoms with Crippen LogP contribution in [0.3, 0.4) is 0 Å². The molecule has 2 N–H and O–H groups in total. The molecule has 1 aliphatic heterocycles. The molecule has 2 heterocycles. The third-order valence-corrected chi connectivity index (χ3v) is 2.30. The van der Waals surface area contributed by atoms with E-state index < -0.39 is 0 Å². The van der Waals surface area contributed by atoms with Gasteiger partial charge >= 0.3 is 0 Å². The maximum atomic E-state index is 11.5. The van der Waals surface area contributed by atoms with Gasteiger partial charge in [-0.05, 0) is 12.2 Å². The van der Waals surface area contributed by atoms with Crippen molar-refractivity contribution < 1.29 is 4.79 Å². The van der Waals surface area contributed by atoms with Gasteiger partial charge in [-0.2, -0.15) is 4.98 Å². The van der Waals surface area contributed by atoms with Gasteiger partial charge in [0.25, 0.3) is 0 Å². The summed E-state index contributed by atoms with van der Waals surface area (Å²) in [5, 5.41) is 5.35. The SMILES string of the molecule is C#CC1CC(=O)N(c2nc(=S)[nH][nH]2)C1. The Morgan fingerprint density at radius 1 is 1.64 bits per heavy atom. The fraction of sp³-hybridized carbons (Fsp3) is 0.375. The van der Waals surface area contributed by atoms with Gasteiger partial charge in [-0.1, -0.05) is 0 Å². The second-order valence-corrected chi connectivity index (χ2v) is 3.45. The van der Waals surface area contributed by atoms with Gasteiger partial charge < -0.3 is 0 Å². The van der Waals surface area contributed by atoms with Crippen LogP contribution in [-0.2, 0) is 4.79 Å². The van der Waals surface area contributed by atoms with E-state index in [9.17, 15) is 4.79 Å². The minimum Gasteiger partial charge on any atom is -0.280 e. The Morgan fingerprint density at radius 2 is 2.43 bits per heavy atom. The van der Waals surface area contributed by atoms with Gasteiger partial charge in [0.15, 0.2) is 0 Å². The van der Waals surface area contributed by atoms with Gasteiger partial charge in [-0.25, -0.2) is 0 Å². The number of hydrogen-bond donors (Lipinski definition) is 2. The third-order valence-electron chi connectivity index (χ3n) is 2.11. The topological polar surface area (TPSA) is 64.8 Å². The number of terminal acetylenes is 1. The molecule has 6 heteroatoms. The molecule has 14 heavy (non-hydrogen) atoms. The average molecular weight is 208 g/mol. The van der Waals surface area contributed by atoms with Gasteiger partial charge in [0.1, 0.15) is 0 Å². The lowest BCUT2D eigenvalue weighted by molar-refractivity contribution is -0.117. The number of anilines is 1. The predicted molar refractivity (Wildman–Crippen MR) is 53.1 cm³/mol. The molecule has 1 aliphatic rings. The fourth-order valence-corrected chi connectivity index (χ4v) is 1.55. The lowest BCUT2D eigenvalue weighted by atomic mass is 10.1. The molecule has 5 nitrogen and oxygen atoms in total. The minimum atomic E-state index is -0.0267. The van der Waals surface area contributed by atoms with Crippen LogP contribution in [0, 0.1) is 23.0 Å². The van der Waals surface area contributed by atoms with Crippen LogP contribution in [0.4, 0.5) is 5.95 Å². The summed E-state index contributed by atoms with van der Waals surface area (Å²) < 4.78 is 0.331. The Hall–Kier alpha value is -1.61. The largest absolute Gasteiger partial charge is 0.280 e. The lowest BCUT2D eigenvalue weighted by Crippen LogP contribution is -2.25. The lowest BCUT2D eigenvalue weighted by Gasteiger charge is -2.10. The van der Waals surface area contributed by atoms with E-state index in [1.807, 2.05) is 0 Å². The van der Waals surface area contributed by atoms with Gasteiger partial charge in [0, 0.05) is 18.9 Å². The Kier molecular flexibility index (Phi) is 2.09. The van der Waals surface area contributed by atoms with Crippen LogP contribution in [-0.4, -0.2) is 27.6 Å². The number of carbonyl (C=O) groups excluding carboxylic acids is 1. The van der Waals surface area contributed by atoms with Gasteiger partial charge in [-0.15, -0.1) is 12.3 Å². The summed E-state index contributed by atoms with van der Waals surface area (Å²) in [6, 6.07) is 0. The Bertz CT molecular complexity index is 454. The number of carbonyl (C=O) groups is 1. The summed E-state index contributed by atoms with van der Waals surface area (Å²) in [5.74, 6) is 2.95. The van der Waals surface area contributed by atoms with E-state index in [2.05, 4.69) is 21.1 Å². The summed E-state index contributed by atoms with van der Waals surface area (Å²) in [4.78, 5) is 16.9. The van der Waals surface area contributed by atoms with E-state index in [4.69, 9.17) is 18.6 Å². The van der Waals surface area contributed by atoms with Crippen molar-refractivity contribution in [2.75, 3.05) is 11.4 Å².